The van der Waals surface area contributed by atoms with Crippen molar-refractivity contribution in [3.63, 3.8) is 0 Å². The Balaban J connectivity index is 1.35. The predicted octanol–water partition coefficient (Wildman–Crippen LogP) is 4.21. The third kappa shape index (κ3) is 4.22. The summed E-state index contributed by atoms with van der Waals surface area (Å²) in [6.45, 7) is 1.80. The molecular weight excluding hydrogens is 419 g/mol. The molecule has 9 heteroatoms. The number of aliphatic hydroxyl groups excluding tert-OH is 1. The van der Waals surface area contributed by atoms with E-state index in [2.05, 4.69) is 10.3 Å². The first kappa shape index (κ1) is 21.0. The molecule has 1 atom stereocenters. The molecule has 2 aromatic heterocycles. The lowest BCUT2D eigenvalue weighted by atomic mass is 9.93. The largest absolute Gasteiger partial charge is 0.401 e. The van der Waals surface area contributed by atoms with Gasteiger partial charge >= 0.3 is 6.18 Å². The fourth-order valence-electron chi connectivity index (χ4n) is 4.55. The van der Waals surface area contributed by atoms with Crippen LogP contribution in [0.15, 0.2) is 47.7 Å². The van der Waals surface area contributed by atoms with E-state index in [-0.39, 0.29) is 5.92 Å². The Bertz CT molecular complexity index is 1180. The van der Waals surface area contributed by atoms with Gasteiger partial charge in [0.05, 0.1) is 17.9 Å². The fourth-order valence-corrected chi connectivity index (χ4v) is 4.55. The molecule has 4 heterocycles. The highest BCUT2D eigenvalue weighted by Gasteiger charge is 2.34. The van der Waals surface area contributed by atoms with Gasteiger partial charge in [-0.2, -0.15) is 13.2 Å². The number of imidazole rings is 1. The molecule has 0 radical (unpaired) electrons. The number of piperidine rings is 1. The number of fused-ring (bicyclic) bond motifs is 2. The van der Waals surface area contributed by atoms with Crippen molar-refractivity contribution in [3.05, 3.63) is 54.0 Å². The number of halogens is 3. The molecular formula is C23H24F3N5O. The number of nitrogens with zero attached hydrogens (tertiary/aromatic N) is 4. The molecule has 5 rings (SSSR count). The first-order valence-corrected chi connectivity index (χ1v) is 10.7. The van der Waals surface area contributed by atoms with Crippen LogP contribution in [-0.4, -0.2) is 51.0 Å². The number of rotatable bonds is 3. The van der Waals surface area contributed by atoms with E-state index in [1.165, 1.54) is 4.90 Å². The molecule has 0 saturated carbocycles. The van der Waals surface area contributed by atoms with Crippen molar-refractivity contribution in [2.75, 3.05) is 19.6 Å². The van der Waals surface area contributed by atoms with Crippen molar-refractivity contribution >= 4 is 17.2 Å². The number of nitrogens with one attached hydrogen (secondary N) is 1. The van der Waals surface area contributed by atoms with E-state index >= 15 is 0 Å². The Labute approximate surface area is 183 Å². The average Bonchev–Trinajstić information content (AvgIpc) is 3.12. The Morgan fingerprint density at radius 2 is 1.84 bits per heavy atom. The highest BCUT2D eigenvalue weighted by atomic mass is 19.4. The number of hydrogen-bond donors (Lipinski definition) is 2. The maximum Gasteiger partial charge on any atom is 0.401 e. The topological polar surface area (TPSA) is 65.2 Å². The molecule has 2 aliphatic heterocycles. The summed E-state index contributed by atoms with van der Waals surface area (Å²) in [5.74, 6) is 0.661. The van der Waals surface area contributed by atoms with Crippen LogP contribution in [0.25, 0.3) is 16.8 Å². The van der Waals surface area contributed by atoms with Gasteiger partial charge in [-0.3, -0.25) is 4.90 Å². The standard InChI is InChI=1S/C23H24F3N5O/c1-14-11-31-12-17(3-5-20(31)27-14)16-2-4-19-18(10-16)22(32)29-21(28-19)15-6-8-30(9-7-15)13-23(24,25)26/h2-5,10-12,15,22,32H,6-9,13H2,1H3,(H,28,29). The molecule has 32 heavy (non-hydrogen) atoms. The van der Waals surface area contributed by atoms with Gasteiger partial charge in [0, 0.05) is 23.9 Å². The van der Waals surface area contributed by atoms with E-state index in [0.29, 0.717) is 43.0 Å². The Hall–Kier alpha value is -2.91. The second kappa shape index (κ2) is 7.90. The number of likely N-dealkylation sites (tertiary alicyclic amines) is 1. The Morgan fingerprint density at radius 3 is 2.59 bits per heavy atom. The monoisotopic (exact) mass is 443 g/mol. The zero-order chi connectivity index (χ0) is 22.5. The van der Waals surface area contributed by atoms with Crippen LogP contribution in [0.4, 0.5) is 18.9 Å². The molecule has 1 fully saturated rings. The molecule has 1 saturated heterocycles. The van der Waals surface area contributed by atoms with Crippen LogP contribution in [-0.2, 0) is 0 Å². The van der Waals surface area contributed by atoms with Gasteiger partial charge in [0.2, 0.25) is 0 Å². The van der Waals surface area contributed by atoms with Gasteiger partial charge in [-0.25, -0.2) is 9.98 Å². The summed E-state index contributed by atoms with van der Waals surface area (Å²) in [4.78, 5) is 10.6. The van der Waals surface area contributed by atoms with Crippen molar-refractivity contribution in [2.45, 2.75) is 32.2 Å². The summed E-state index contributed by atoms with van der Waals surface area (Å²) in [6, 6.07) is 9.73. The van der Waals surface area contributed by atoms with E-state index in [0.717, 1.165) is 22.5 Å². The number of aromatic nitrogens is 2. The quantitative estimate of drug-likeness (QED) is 0.637. The van der Waals surface area contributed by atoms with Crippen LogP contribution in [0, 0.1) is 12.8 Å². The lowest BCUT2D eigenvalue weighted by Crippen LogP contribution is -2.45. The van der Waals surface area contributed by atoms with Gasteiger partial charge < -0.3 is 14.8 Å². The van der Waals surface area contributed by atoms with E-state index in [9.17, 15) is 18.3 Å². The van der Waals surface area contributed by atoms with Gasteiger partial charge in [0.1, 0.15) is 11.5 Å². The molecule has 2 N–H and O–H groups in total. The number of aryl methyl sites for hydroxylation is 1. The number of alkyl halides is 3. The summed E-state index contributed by atoms with van der Waals surface area (Å²) in [5.41, 5.74) is 5.14. The van der Waals surface area contributed by atoms with Crippen molar-refractivity contribution in [1.29, 1.82) is 0 Å². The Morgan fingerprint density at radius 1 is 1.09 bits per heavy atom. The first-order chi connectivity index (χ1) is 15.2. The molecule has 1 unspecified atom stereocenters. The summed E-state index contributed by atoms with van der Waals surface area (Å²) < 4.78 is 39.9. The van der Waals surface area contributed by atoms with Crippen LogP contribution < -0.4 is 5.32 Å². The third-order valence-corrected chi connectivity index (χ3v) is 6.13. The van der Waals surface area contributed by atoms with Gasteiger partial charge in [-0.1, -0.05) is 6.07 Å². The summed E-state index contributed by atoms with van der Waals surface area (Å²) in [6.07, 6.45) is 0.0260. The first-order valence-electron chi connectivity index (χ1n) is 10.7. The van der Waals surface area contributed by atoms with Crippen molar-refractivity contribution in [2.24, 2.45) is 10.9 Å². The number of amidine groups is 1. The van der Waals surface area contributed by atoms with Crippen LogP contribution in [0.2, 0.25) is 0 Å². The summed E-state index contributed by atoms with van der Waals surface area (Å²) >= 11 is 0. The predicted molar refractivity (Wildman–Crippen MR) is 116 cm³/mol. The molecule has 1 aromatic carbocycles. The molecule has 0 aliphatic carbocycles. The minimum Gasteiger partial charge on any atom is -0.369 e. The highest BCUT2D eigenvalue weighted by molar-refractivity contribution is 5.90. The smallest absolute Gasteiger partial charge is 0.369 e. The summed E-state index contributed by atoms with van der Waals surface area (Å²) in [5, 5.41) is 13.8. The lowest BCUT2D eigenvalue weighted by molar-refractivity contribution is -0.148. The van der Waals surface area contributed by atoms with E-state index < -0.39 is 18.9 Å². The van der Waals surface area contributed by atoms with Crippen molar-refractivity contribution in [1.82, 2.24) is 19.6 Å². The highest BCUT2D eigenvalue weighted by Crippen LogP contribution is 2.35. The van der Waals surface area contributed by atoms with Gasteiger partial charge in [-0.05, 0) is 68.2 Å². The van der Waals surface area contributed by atoms with Crippen molar-refractivity contribution < 1.29 is 18.3 Å². The maximum atomic E-state index is 12.6. The number of benzene rings is 1. The van der Waals surface area contributed by atoms with Crippen LogP contribution in [0.1, 0.15) is 30.3 Å². The number of pyridine rings is 1. The SMILES string of the molecule is Cc1cn2cc(-c3ccc4c(c3)C(O)NC(C3CCN(CC(F)(F)F)CC3)=N4)ccc2n1. The minimum absolute atomic E-state index is 0.00819. The molecule has 168 valence electrons. The van der Waals surface area contributed by atoms with Crippen LogP contribution >= 0.6 is 0 Å². The van der Waals surface area contributed by atoms with E-state index in [4.69, 9.17) is 4.99 Å². The lowest BCUT2D eigenvalue weighted by Gasteiger charge is -2.35. The van der Waals surface area contributed by atoms with Gasteiger partial charge in [-0.15, -0.1) is 0 Å². The summed E-state index contributed by atoms with van der Waals surface area (Å²) in [7, 11) is 0. The Kier molecular flexibility index (Phi) is 5.17. The maximum absolute atomic E-state index is 12.6. The van der Waals surface area contributed by atoms with E-state index in [1.807, 2.05) is 54.0 Å². The van der Waals surface area contributed by atoms with Gasteiger partial charge in [0.15, 0.2) is 6.23 Å². The number of aliphatic imine (C=N–C) groups is 1. The molecule has 0 bridgehead atoms. The van der Waals surface area contributed by atoms with Crippen molar-refractivity contribution in [3.8, 4) is 11.1 Å². The minimum atomic E-state index is -4.18. The fraction of sp³-hybridized carbons (Fsp3) is 0.391. The van der Waals surface area contributed by atoms with E-state index in [1.54, 1.807) is 0 Å². The molecule has 2 aliphatic rings. The number of hydrogen-bond acceptors (Lipinski definition) is 5. The average molecular weight is 443 g/mol. The third-order valence-electron chi connectivity index (χ3n) is 6.13. The molecule has 0 amide bonds. The zero-order valence-corrected chi connectivity index (χ0v) is 17.6. The number of aliphatic hydroxyl groups is 1. The molecule has 0 spiro atoms. The second-order valence-corrected chi connectivity index (χ2v) is 8.55. The second-order valence-electron chi connectivity index (χ2n) is 8.55. The normalized spacial score (nSPS) is 20.2. The van der Waals surface area contributed by atoms with Gasteiger partial charge in [0.25, 0.3) is 0 Å². The molecule has 6 nitrogen and oxygen atoms in total. The zero-order valence-electron chi connectivity index (χ0n) is 17.6. The van der Waals surface area contributed by atoms with Crippen LogP contribution in [0.5, 0.6) is 0 Å². The van der Waals surface area contributed by atoms with Crippen LogP contribution in [0.3, 0.4) is 0 Å². The molecule has 3 aromatic rings.